The van der Waals surface area contributed by atoms with Gasteiger partial charge in [-0.15, -0.1) is 0 Å². The van der Waals surface area contributed by atoms with Crippen molar-refractivity contribution in [2.45, 2.75) is 31.8 Å². The Hall–Kier alpha value is -1.42. The highest BCUT2D eigenvalue weighted by Crippen LogP contribution is 2.31. The summed E-state index contributed by atoms with van der Waals surface area (Å²) in [5.74, 6) is -2.36. The molecular formula is C12H15FO3. The summed E-state index contributed by atoms with van der Waals surface area (Å²) in [4.78, 5) is 10.9. The number of carboxylic acids is 1. The highest BCUT2D eigenvalue weighted by Gasteiger charge is 2.39. The van der Waals surface area contributed by atoms with Crippen LogP contribution in [0.4, 0.5) is 4.39 Å². The predicted octanol–water partition coefficient (Wildman–Crippen LogP) is 2.15. The van der Waals surface area contributed by atoms with Crippen LogP contribution in [-0.4, -0.2) is 21.8 Å². The van der Waals surface area contributed by atoms with E-state index in [1.165, 1.54) is 25.1 Å². The first-order chi connectivity index (χ1) is 7.39. The Morgan fingerprint density at radius 1 is 1.56 bits per heavy atom. The van der Waals surface area contributed by atoms with Gasteiger partial charge in [-0.05, 0) is 31.0 Å². The summed E-state index contributed by atoms with van der Waals surface area (Å²) in [6.45, 7) is 2.99. The lowest BCUT2D eigenvalue weighted by Crippen LogP contribution is -2.41. The first-order valence-electron chi connectivity index (χ1n) is 5.10. The van der Waals surface area contributed by atoms with Gasteiger partial charge in [-0.2, -0.15) is 0 Å². The highest BCUT2D eigenvalue weighted by atomic mass is 19.1. The van der Waals surface area contributed by atoms with Gasteiger partial charge in [-0.1, -0.05) is 19.1 Å². The molecule has 16 heavy (non-hydrogen) atoms. The number of hydrogen-bond acceptors (Lipinski definition) is 2. The third kappa shape index (κ3) is 2.39. The van der Waals surface area contributed by atoms with E-state index in [0.717, 1.165) is 0 Å². The lowest BCUT2D eigenvalue weighted by atomic mass is 9.81. The monoisotopic (exact) mass is 226 g/mol. The van der Waals surface area contributed by atoms with Crippen LogP contribution in [0.5, 0.6) is 0 Å². The minimum atomic E-state index is -1.89. The molecule has 1 aromatic rings. The molecule has 0 saturated carbocycles. The molecule has 0 fully saturated rings. The standard InChI is InChI=1S/C12H15FO3/c1-3-10(12(2,16)11(14)15)8-5-4-6-9(13)7-8/h4-7,10,16H,3H2,1-2H3,(H,14,15). The average molecular weight is 226 g/mol. The lowest BCUT2D eigenvalue weighted by molar-refractivity contribution is -0.159. The Balaban J connectivity index is 3.12. The summed E-state index contributed by atoms with van der Waals surface area (Å²) < 4.78 is 13.0. The third-order valence-electron chi connectivity index (χ3n) is 2.77. The molecule has 0 amide bonds. The Kier molecular flexibility index (Phi) is 3.65. The van der Waals surface area contributed by atoms with Gasteiger partial charge in [-0.25, -0.2) is 9.18 Å². The van der Waals surface area contributed by atoms with E-state index in [1.807, 2.05) is 0 Å². The van der Waals surface area contributed by atoms with Gasteiger partial charge < -0.3 is 10.2 Å². The molecular weight excluding hydrogens is 211 g/mol. The number of hydrogen-bond donors (Lipinski definition) is 2. The quantitative estimate of drug-likeness (QED) is 0.827. The van der Waals surface area contributed by atoms with Crippen molar-refractivity contribution >= 4 is 5.97 Å². The molecule has 1 rings (SSSR count). The number of aliphatic hydroxyl groups is 1. The molecule has 1 aromatic carbocycles. The van der Waals surface area contributed by atoms with Crippen LogP contribution >= 0.6 is 0 Å². The Labute approximate surface area is 93.5 Å². The van der Waals surface area contributed by atoms with Crippen LogP contribution in [0.2, 0.25) is 0 Å². The molecule has 2 atom stereocenters. The number of benzene rings is 1. The Morgan fingerprint density at radius 3 is 2.62 bits per heavy atom. The molecule has 3 nitrogen and oxygen atoms in total. The molecule has 0 aromatic heterocycles. The molecule has 0 radical (unpaired) electrons. The van der Waals surface area contributed by atoms with E-state index in [4.69, 9.17) is 5.11 Å². The molecule has 0 aliphatic heterocycles. The molecule has 88 valence electrons. The van der Waals surface area contributed by atoms with Gasteiger partial charge in [0.15, 0.2) is 5.60 Å². The molecule has 0 bridgehead atoms. The van der Waals surface area contributed by atoms with Crippen LogP contribution in [0.15, 0.2) is 24.3 Å². The van der Waals surface area contributed by atoms with Crippen LogP contribution < -0.4 is 0 Å². The maximum atomic E-state index is 13.0. The van der Waals surface area contributed by atoms with E-state index < -0.39 is 23.3 Å². The largest absolute Gasteiger partial charge is 0.479 e. The van der Waals surface area contributed by atoms with E-state index in [9.17, 15) is 14.3 Å². The van der Waals surface area contributed by atoms with Crippen molar-refractivity contribution in [3.8, 4) is 0 Å². The minimum absolute atomic E-state index is 0.419. The van der Waals surface area contributed by atoms with Crippen LogP contribution in [0.1, 0.15) is 31.7 Å². The fourth-order valence-corrected chi connectivity index (χ4v) is 1.83. The summed E-state index contributed by atoms with van der Waals surface area (Å²) in [6.07, 6.45) is 0.419. The lowest BCUT2D eigenvalue weighted by Gasteiger charge is -2.28. The van der Waals surface area contributed by atoms with Gasteiger partial charge in [0.25, 0.3) is 0 Å². The number of carbonyl (C=O) groups is 1. The summed E-state index contributed by atoms with van der Waals surface area (Å²) in [6, 6.07) is 5.66. The third-order valence-corrected chi connectivity index (χ3v) is 2.77. The summed E-state index contributed by atoms with van der Waals surface area (Å²) in [5.41, 5.74) is -1.39. The van der Waals surface area contributed by atoms with Gasteiger partial charge in [0.1, 0.15) is 5.82 Å². The van der Waals surface area contributed by atoms with Crippen molar-refractivity contribution in [3.05, 3.63) is 35.6 Å². The second-order valence-electron chi connectivity index (χ2n) is 3.97. The van der Waals surface area contributed by atoms with Crippen LogP contribution in [0, 0.1) is 5.82 Å². The zero-order valence-corrected chi connectivity index (χ0v) is 9.27. The number of aliphatic carboxylic acids is 1. The van der Waals surface area contributed by atoms with E-state index in [0.29, 0.717) is 12.0 Å². The maximum Gasteiger partial charge on any atom is 0.336 e. The fraction of sp³-hybridized carbons (Fsp3) is 0.417. The van der Waals surface area contributed by atoms with Gasteiger partial charge in [0, 0.05) is 5.92 Å². The normalized spacial score (nSPS) is 16.5. The minimum Gasteiger partial charge on any atom is -0.479 e. The SMILES string of the molecule is CCC(c1cccc(F)c1)C(C)(O)C(=O)O. The van der Waals surface area contributed by atoms with Gasteiger partial charge in [0.2, 0.25) is 0 Å². The zero-order valence-electron chi connectivity index (χ0n) is 9.27. The van der Waals surface area contributed by atoms with Crippen molar-refractivity contribution < 1.29 is 19.4 Å². The first-order valence-corrected chi connectivity index (χ1v) is 5.10. The highest BCUT2D eigenvalue weighted by molar-refractivity contribution is 5.78. The van der Waals surface area contributed by atoms with Crippen LogP contribution in [0.25, 0.3) is 0 Å². The van der Waals surface area contributed by atoms with Crippen LogP contribution in [0.3, 0.4) is 0 Å². The van der Waals surface area contributed by atoms with E-state index in [-0.39, 0.29) is 0 Å². The molecule has 4 heteroatoms. The molecule has 2 unspecified atom stereocenters. The van der Waals surface area contributed by atoms with Crippen molar-refractivity contribution in [3.63, 3.8) is 0 Å². The van der Waals surface area contributed by atoms with E-state index >= 15 is 0 Å². The van der Waals surface area contributed by atoms with E-state index in [2.05, 4.69) is 0 Å². The molecule has 0 aliphatic rings. The topological polar surface area (TPSA) is 57.5 Å². The maximum absolute atomic E-state index is 13.0. The van der Waals surface area contributed by atoms with Crippen molar-refractivity contribution in [2.75, 3.05) is 0 Å². The van der Waals surface area contributed by atoms with Gasteiger partial charge >= 0.3 is 5.97 Å². The summed E-state index contributed by atoms with van der Waals surface area (Å²) >= 11 is 0. The smallest absolute Gasteiger partial charge is 0.336 e. The van der Waals surface area contributed by atoms with Crippen LogP contribution in [-0.2, 0) is 4.79 Å². The number of rotatable bonds is 4. The molecule has 2 N–H and O–H groups in total. The first kappa shape index (κ1) is 12.6. The van der Waals surface area contributed by atoms with Crippen molar-refractivity contribution in [1.82, 2.24) is 0 Å². The van der Waals surface area contributed by atoms with Gasteiger partial charge in [-0.3, -0.25) is 0 Å². The Morgan fingerprint density at radius 2 is 2.19 bits per heavy atom. The number of halogens is 1. The second kappa shape index (κ2) is 4.61. The average Bonchev–Trinajstić information content (AvgIpc) is 2.18. The van der Waals surface area contributed by atoms with Crippen molar-refractivity contribution in [1.29, 1.82) is 0 Å². The van der Waals surface area contributed by atoms with Gasteiger partial charge in [0.05, 0.1) is 0 Å². The second-order valence-corrected chi connectivity index (χ2v) is 3.97. The van der Waals surface area contributed by atoms with Crippen molar-refractivity contribution in [2.24, 2.45) is 0 Å². The molecule has 0 spiro atoms. The summed E-state index contributed by atoms with van der Waals surface area (Å²) in [5, 5.41) is 18.8. The fourth-order valence-electron chi connectivity index (χ4n) is 1.83. The zero-order chi connectivity index (χ0) is 12.3. The molecule has 0 aliphatic carbocycles. The summed E-state index contributed by atoms with van der Waals surface area (Å²) in [7, 11) is 0. The number of carboxylic acid groups (broad SMARTS) is 1. The Bertz CT molecular complexity index is 388. The molecule has 0 saturated heterocycles. The van der Waals surface area contributed by atoms with E-state index in [1.54, 1.807) is 13.0 Å². The molecule has 0 heterocycles. The predicted molar refractivity (Wildman–Crippen MR) is 57.7 cm³/mol.